The van der Waals surface area contributed by atoms with Crippen LogP contribution >= 0.6 is 35.0 Å². The summed E-state index contributed by atoms with van der Waals surface area (Å²) in [5, 5.41) is 5.19. The molecule has 0 aliphatic heterocycles. The fourth-order valence-electron chi connectivity index (χ4n) is 2.69. The molecule has 0 saturated carbocycles. The minimum Gasteiger partial charge on any atom is -0.266 e. The van der Waals surface area contributed by atoms with E-state index in [9.17, 15) is 4.79 Å². The Labute approximate surface area is 185 Å². The van der Waals surface area contributed by atoms with E-state index in [0.29, 0.717) is 15.7 Å². The first kappa shape index (κ1) is 21.7. The molecule has 0 atom stereocenters. The molecule has 0 aliphatic rings. The lowest BCUT2D eigenvalue weighted by molar-refractivity contribution is 0.336. The number of hydrogen-bond donors (Lipinski definition) is 0. The molecule has 3 rings (SSSR count). The van der Waals surface area contributed by atoms with Crippen molar-refractivity contribution in [2.45, 2.75) is 37.0 Å². The van der Waals surface area contributed by atoms with E-state index < -0.39 is 5.54 Å². The maximum Gasteiger partial charge on any atom is 0.287 e. The van der Waals surface area contributed by atoms with Gasteiger partial charge in [-0.05, 0) is 43.5 Å². The summed E-state index contributed by atoms with van der Waals surface area (Å²) in [5.41, 5.74) is 2.47. The first-order chi connectivity index (χ1) is 13.8. The van der Waals surface area contributed by atoms with E-state index in [2.05, 4.69) is 5.10 Å². The summed E-state index contributed by atoms with van der Waals surface area (Å²) >= 11 is 14.2. The third kappa shape index (κ3) is 5.53. The van der Waals surface area contributed by atoms with Crippen LogP contribution in [0.15, 0.2) is 70.5 Å². The first-order valence-corrected chi connectivity index (χ1v) is 10.9. The molecule has 0 aliphatic carbocycles. The molecule has 0 saturated heterocycles. The molecule has 3 aromatic rings. The average molecular weight is 445 g/mol. The minimum atomic E-state index is -0.408. The Hall–Kier alpha value is -2.01. The topological polar surface area (TPSA) is 34.9 Å². The van der Waals surface area contributed by atoms with Gasteiger partial charge in [-0.15, -0.1) is 11.8 Å². The fraction of sp³-hybridized carbons (Fsp3) is 0.217. The molecule has 1 heterocycles. The zero-order chi connectivity index (χ0) is 21.0. The highest BCUT2D eigenvalue weighted by molar-refractivity contribution is 7.98. The molecule has 29 heavy (non-hydrogen) atoms. The maximum absolute atomic E-state index is 12.4. The average Bonchev–Trinajstić information content (AvgIpc) is 2.70. The van der Waals surface area contributed by atoms with Crippen molar-refractivity contribution in [2.24, 2.45) is 0 Å². The SMILES string of the molecule is CC(C)(C)n1ncc(SCc2ccc(/C=C(\Cl)c3ccccc3)cc2)c(Cl)c1=O. The summed E-state index contributed by atoms with van der Waals surface area (Å²) in [4.78, 5) is 13.1. The summed E-state index contributed by atoms with van der Waals surface area (Å²) in [6, 6.07) is 18.0. The normalized spacial score (nSPS) is 12.2. The van der Waals surface area contributed by atoms with Gasteiger partial charge in [-0.1, -0.05) is 77.8 Å². The van der Waals surface area contributed by atoms with Gasteiger partial charge < -0.3 is 0 Å². The number of benzene rings is 2. The monoisotopic (exact) mass is 444 g/mol. The largest absolute Gasteiger partial charge is 0.287 e. The van der Waals surface area contributed by atoms with Crippen LogP contribution < -0.4 is 5.56 Å². The molecule has 0 spiro atoms. The summed E-state index contributed by atoms with van der Waals surface area (Å²) in [6.07, 6.45) is 3.61. The van der Waals surface area contributed by atoms with Gasteiger partial charge in [0.25, 0.3) is 5.56 Å². The maximum atomic E-state index is 12.4. The van der Waals surface area contributed by atoms with E-state index in [4.69, 9.17) is 23.2 Å². The number of thioether (sulfide) groups is 1. The quantitative estimate of drug-likeness (QED) is 0.325. The van der Waals surface area contributed by atoms with Gasteiger partial charge in [0, 0.05) is 10.8 Å². The second-order valence-corrected chi connectivity index (χ2v) is 9.40. The van der Waals surface area contributed by atoms with Crippen LogP contribution in [0.5, 0.6) is 0 Å². The molecule has 150 valence electrons. The molecule has 2 aromatic carbocycles. The number of halogens is 2. The zero-order valence-electron chi connectivity index (χ0n) is 16.5. The van der Waals surface area contributed by atoms with Crippen LogP contribution in [0.3, 0.4) is 0 Å². The van der Waals surface area contributed by atoms with Gasteiger partial charge in [-0.3, -0.25) is 4.79 Å². The fourth-order valence-corrected chi connectivity index (χ4v) is 4.09. The highest BCUT2D eigenvalue weighted by atomic mass is 35.5. The van der Waals surface area contributed by atoms with Gasteiger partial charge in [0.15, 0.2) is 0 Å². The van der Waals surface area contributed by atoms with Crippen LogP contribution in [0.1, 0.15) is 37.5 Å². The van der Waals surface area contributed by atoms with E-state index in [-0.39, 0.29) is 10.6 Å². The number of rotatable bonds is 5. The minimum absolute atomic E-state index is 0.217. The third-order valence-corrected chi connectivity index (χ3v) is 6.14. The molecule has 1 aromatic heterocycles. The van der Waals surface area contributed by atoms with Crippen molar-refractivity contribution in [3.63, 3.8) is 0 Å². The Balaban J connectivity index is 1.70. The second-order valence-electron chi connectivity index (χ2n) is 7.60. The molecule has 0 unspecified atom stereocenters. The van der Waals surface area contributed by atoms with Crippen LogP contribution in [0.25, 0.3) is 11.1 Å². The van der Waals surface area contributed by atoms with Crippen LogP contribution in [0, 0.1) is 0 Å². The predicted molar refractivity (Wildman–Crippen MR) is 125 cm³/mol. The van der Waals surface area contributed by atoms with E-state index in [1.807, 2.05) is 81.4 Å². The zero-order valence-corrected chi connectivity index (χ0v) is 18.9. The van der Waals surface area contributed by atoms with Crippen LogP contribution in [0.2, 0.25) is 5.02 Å². The Kier molecular flexibility index (Phi) is 6.89. The van der Waals surface area contributed by atoms with Crippen molar-refractivity contribution in [1.29, 1.82) is 0 Å². The molecule has 0 amide bonds. The number of hydrogen-bond acceptors (Lipinski definition) is 3. The van der Waals surface area contributed by atoms with Gasteiger partial charge in [0.05, 0.1) is 16.6 Å². The predicted octanol–water partition coefficient (Wildman–Crippen LogP) is 6.68. The van der Waals surface area contributed by atoms with Crippen LogP contribution in [-0.4, -0.2) is 9.78 Å². The molecule has 0 radical (unpaired) electrons. The lowest BCUT2D eigenvalue weighted by Gasteiger charge is -2.21. The van der Waals surface area contributed by atoms with Crippen LogP contribution in [0.4, 0.5) is 0 Å². The molecule has 0 bridgehead atoms. The number of nitrogens with zero attached hydrogens (tertiary/aromatic N) is 2. The van der Waals surface area contributed by atoms with Crippen molar-refractivity contribution in [3.05, 3.63) is 92.9 Å². The van der Waals surface area contributed by atoms with E-state index >= 15 is 0 Å². The lowest BCUT2D eigenvalue weighted by Crippen LogP contribution is -2.36. The first-order valence-electron chi connectivity index (χ1n) is 9.18. The molecular formula is C23H22Cl2N2OS. The van der Waals surface area contributed by atoms with E-state index in [1.165, 1.54) is 16.4 Å². The van der Waals surface area contributed by atoms with Crippen molar-refractivity contribution in [2.75, 3.05) is 0 Å². The summed E-state index contributed by atoms with van der Waals surface area (Å²) in [6.45, 7) is 5.76. The van der Waals surface area contributed by atoms with E-state index in [0.717, 1.165) is 16.7 Å². The van der Waals surface area contributed by atoms with Gasteiger partial charge >= 0.3 is 0 Å². The summed E-state index contributed by atoms with van der Waals surface area (Å²) in [5.74, 6) is 0.691. The highest BCUT2D eigenvalue weighted by Gasteiger charge is 2.19. The molecule has 6 heteroatoms. The van der Waals surface area contributed by atoms with Gasteiger partial charge in [-0.2, -0.15) is 5.10 Å². The van der Waals surface area contributed by atoms with Crippen molar-refractivity contribution in [1.82, 2.24) is 9.78 Å². The second kappa shape index (κ2) is 9.21. The van der Waals surface area contributed by atoms with E-state index in [1.54, 1.807) is 6.20 Å². The van der Waals surface area contributed by atoms with Gasteiger partial charge in [0.2, 0.25) is 0 Å². The Morgan fingerprint density at radius 1 is 1.10 bits per heavy atom. The summed E-state index contributed by atoms with van der Waals surface area (Å²) in [7, 11) is 0. The van der Waals surface area contributed by atoms with Crippen molar-refractivity contribution < 1.29 is 0 Å². The standard InChI is InChI=1S/C23H22Cl2N2OS/c1-23(2,3)27-22(28)21(25)20(14-26-27)29-15-17-11-9-16(10-12-17)13-19(24)18-7-5-4-6-8-18/h4-14H,15H2,1-3H3/b19-13-. The Morgan fingerprint density at radius 2 is 1.76 bits per heavy atom. The summed E-state index contributed by atoms with van der Waals surface area (Å²) < 4.78 is 1.41. The smallest absolute Gasteiger partial charge is 0.266 e. The highest BCUT2D eigenvalue weighted by Crippen LogP contribution is 2.28. The van der Waals surface area contributed by atoms with Crippen molar-refractivity contribution in [3.8, 4) is 0 Å². The van der Waals surface area contributed by atoms with Gasteiger partial charge in [0.1, 0.15) is 5.02 Å². The van der Waals surface area contributed by atoms with Gasteiger partial charge in [-0.25, -0.2) is 4.68 Å². The molecular weight excluding hydrogens is 423 g/mol. The Morgan fingerprint density at radius 3 is 2.38 bits per heavy atom. The van der Waals surface area contributed by atoms with Crippen molar-refractivity contribution >= 4 is 46.1 Å². The molecule has 3 nitrogen and oxygen atoms in total. The third-order valence-electron chi connectivity index (χ3n) is 4.24. The lowest BCUT2D eigenvalue weighted by atomic mass is 10.1. The molecule has 0 N–H and O–H groups in total. The van der Waals surface area contributed by atoms with Crippen LogP contribution in [-0.2, 0) is 11.3 Å². The number of aromatic nitrogens is 2. The Bertz CT molecular complexity index is 1070. The molecule has 0 fully saturated rings.